The van der Waals surface area contributed by atoms with Crippen LogP contribution in [-0.2, 0) is 17.7 Å². The Morgan fingerprint density at radius 3 is 2.64 bits per heavy atom. The monoisotopic (exact) mass is 440 g/mol. The molecule has 166 valence electrons. The van der Waals surface area contributed by atoms with Gasteiger partial charge in [0.05, 0.1) is 35.5 Å². The first-order valence-corrected chi connectivity index (χ1v) is 11.1. The molecule has 2 aromatic heterocycles. The molecule has 3 heterocycles. The van der Waals surface area contributed by atoms with Gasteiger partial charge in [-0.2, -0.15) is 5.10 Å². The second-order valence-corrected chi connectivity index (χ2v) is 7.97. The van der Waals surface area contributed by atoms with Crippen LogP contribution in [0.2, 0.25) is 0 Å². The zero-order valence-electron chi connectivity index (χ0n) is 18.6. The van der Waals surface area contributed by atoms with E-state index in [0.29, 0.717) is 29.9 Å². The van der Waals surface area contributed by atoms with Crippen molar-refractivity contribution in [2.24, 2.45) is 0 Å². The standard InChI is InChI=1S/C26H24N4O3/c1-3-30-24-21(16-27-30)20(15-22(28-24)17-9-5-4-6-10-17)25(31)29-14-8-12-18-19(26(32)33-2)11-7-13-23(18)29/h4-7,9-11,13,15-16H,3,8,12,14H2,1-2H3. The zero-order chi connectivity index (χ0) is 22.9. The Balaban J connectivity index is 1.66. The number of aryl methyl sites for hydroxylation is 1. The van der Waals surface area contributed by atoms with Crippen LogP contribution in [0.5, 0.6) is 0 Å². The second kappa shape index (κ2) is 8.50. The molecule has 0 fully saturated rings. The Bertz CT molecular complexity index is 1360. The third-order valence-corrected chi connectivity index (χ3v) is 6.11. The van der Waals surface area contributed by atoms with Crippen molar-refractivity contribution in [1.29, 1.82) is 0 Å². The largest absolute Gasteiger partial charge is 0.465 e. The van der Waals surface area contributed by atoms with Crippen LogP contribution < -0.4 is 4.90 Å². The summed E-state index contributed by atoms with van der Waals surface area (Å²) in [6.07, 6.45) is 3.20. The van der Waals surface area contributed by atoms with Gasteiger partial charge in [0.15, 0.2) is 5.65 Å². The van der Waals surface area contributed by atoms with Crippen LogP contribution in [0.1, 0.15) is 39.6 Å². The maximum absolute atomic E-state index is 14.0. The van der Waals surface area contributed by atoms with E-state index in [2.05, 4.69) is 5.10 Å². The normalized spacial score (nSPS) is 13.1. The molecule has 0 aliphatic carbocycles. The summed E-state index contributed by atoms with van der Waals surface area (Å²) in [5.74, 6) is -0.513. The molecule has 0 atom stereocenters. The van der Waals surface area contributed by atoms with E-state index in [4.69, 9.17) is 9.72 Å². The molecule has 0 radical (unpaired) electrons. The Hall–Kier alpha value is -4.00. The summed E-state index contributed by atoms with van der Waals surface area (Å²) in [5.41, 5.74) is 5.00. The number of nitrogens with zero attached hydrogens (tertiary/aromatic N) is 4. The van der Waals surface area contributed by atoms with Crippen molar-refractivity contribution in [1.82, 2.24) is 14.8 Å². The zero-order valence-corrected chi connectivity index (χ0v) is 18.6. The van der Waals surface area contributed by atoms with Crippen LogP contribution in [0.4, 0.5) is 5.69 Å². The molecule has 7 nitrogen and oxygen atoms in total. The molecule has 0 spiro atoms. The van der Waals surface area contributed by atoms with Gasteiger partial charge >= 0.3 is 5.97 Å². The van der Waals surface area contributed by atoms with Gasteiger partial charge in [-0.15, -0.1) is 0 Å². The topological polar surface area (TPSA) is 77.3 Å². The van der Waals surface area contributed by atoms with Gasteiger partial charge in [0.25, 0.3) is 5.91 Å². The highest BCUT2D eigenvalue weighted by atomic mass is 16.5. The lowest BCUT2D eigenvalue weighted by molar-refractivity contribution is 0.0599. The number of rotatable bonds is 4. The molecule has 0 saturated heterocycles. The lowest BCUT2D eigenvalue weighted by Crippen LogP contribution is -2.36. The number of anilines is 1. The van der Waals surface area contributed by atoms with Crippen molar-refractivity contribution in [3.8, 4) is 11.3 Å². The van der Waals surface area contributed by atoms with E-state index in [1.165, 1.54) is 7.11 Å². The highest BCUT2D eigenvalue weighted by Gasteiger charge is 2.29. The minimum atomic E-state index is -0.386. The summed E-state index contributed by atoms with van der Waals surface area (Å²) < 4.78 is 6.76. The Labute approximate surface area is 191 Å². The van der Waals surface area contributed by atoms with E-state index in [0.717, 1.165) is 40.7 Å². The fraction of sp³-hybridized carbons (Fsp3) is 0.231. The van der Waals surface area contributed by atoms with Crippen LogP contribution in [0, 0.1) is 0 Å². The van der Waals surface area contributed by atoms with Crippen LogP contribution in [0.25, 0.3) is 22.3 Å². The van der Waals surface area contributed by atoms with Crippen molar-refractivity contribution >= 4 is 28.6 Å². The number of benzene rings is 2. The minimum absolute atomic E-state index is 0.127. The first-order valence-electron chi connectivity index (χ1n) is 11.1. The number of aromatic nitrogens is 3. The molecule has 2 aromatic carbocycles. The molecule has 0 N–H and O–H groups in total. The number of ether oxygens (including phenoxy) is 1. The number of fused-ring (bicyclic) bond motifs is 2. The van der Waals surface area contributed by atoms with E-state index in [1.807, 2.05) is 49.4 Å². The Kier molecular flexibility index (Phi) is 5.38. The maximum Gasteiger partial charge on any atom is 0.338 e. The van der Waals surface area contributed by atoms with Gasteiger partial charge in [-0.05, 0) is 43.5 Å². The number of methoxy groups -OCH3 is 1. The first-order chi connectivity index (χ1) is 16.1. The molecular formula is C26H24N4O3. The summed E-state index contributed by atoms with van der Waals surface area (Å²) in [6.45, 7) is 3.22. The fourth-order valence-corrected chi connectivity index (χ4v) is 4.50. The molecule has 4 aromatic rings. The molecule has 1 amide bonds. The summed E-state index contributed by atoms with van der Waals surface area (Å²) >= 11 is 0. The van der Waals surface area contributed by atoms with Gasteiger partial charge in [0.2, 0.25) is 0 Å². The smallest absolute Gasteiger partial charge is 0.338 e. The average molecular weight is 441 g/mol. The lowest BCUT2D eigenvalue weighted by Gasteiger charge is -2.30. The molecule has 1 aliphatic rings. The van der Waals surface area contributed by atoms with Crippen molar-refractivity contribution < 1.29 is 14.3 Å². The Morgan fingerprint density at radius 2 is 1.88 bits per heavy atom. The molecule has 33 heavy (non-hydrogen) atoms. The predicted octanol–water partition coefficient (Wildman–Crippen LogP) is 4.50. The van der Waals surface area contributed by atoms with Gasteiger partial charge < -0.3 is 9.64 Å². The van der Waals surface area contributed by atoms with Gasteiger partial charge in [-0.25, -0.2) is 14.5 Å². The molecule has 0 saturated carbocycles. The minimum Gasteiger partial charge on any atom is -0.465 e. The third kappa shape index (κ3) is 3.55. The molecule has 7 heteroatoms. The lowest BCUT2D eigenvalue weighted by atomic mass is 9.95. The molecule has 0 unspecified atom stereocenters. The Morgan fingerprint density at radius 1 is 1.06 bits per heavy atom. The highest BCUT2D eigenvalue weighted by molar-refractivity contribution is 6.14. The van der Waals surface area contributed by atoms with E-state index < -0.39 is 0 Å². The number of amides is 1. The van der Waals surface area contributed by atoms with Gasteiger partial charge in [-0.3, -0.25) is 4.79 Å². The van der Waals surface area contributed by atoms with Crippen LogP contribution in [-0.4, -0.2) is 40.3 Å². The van der Waals surface area contributed by atoms with Gasteiger partial charge in [0.1, 0.15) is 0 Å². The van der Waals surface area contributed by atoms with E-state index in [-0.39, 0.29) is 11.9 Å². The number of carbonyl (C=O) groups excluding carboxylic acids is 2. The average Bonchev–Trinajstić information content (AvgIpc) is 3.30. The van der Waals surface area contributed by atoms with E-state index in [1.54, 1.807) is 27.9 Å². The number of carbonyl (C=O) groups is 2. The fourth-order valence-electron chi connectivity index (χ4n) is 4.50. The summed E-state index contributed by atoms with van der Waals surface area (Å²) in [6, 6.07) is 17.1. The van der Waals surface area contributed by atoms with Crippen LogP contribution in [0.15, 0.2) is 60.8 Å². The highest BCUT2D eigenvalue weighted by Crippen LogP contribution is 2.33. The number of hydrogen-bond donors (Lipinski definition) is 0. The van der Waals surface area contributed by atoms with Crippen molar-refractivity contribution in [2.75, 3.05) is 18.6 Å². The van der Waals surface area contributed by atoms with Crippen molar-refractivity contribution in [2.45, 2.75) is 26.3 Å². The summed E-state index contributed by atoms with van der Waals surface area (Å²) in [7, 11) is 1.37. The molecule has 0 bridgehead atoms. The van der Waals surface area contributed by atoms with Crippen LogP contribution in [0.3, 0.4) is 0 Å². The van der Waals surface area contributed by atoms with E-state index in [9.17, 15) is 9.59 Å². The molecular weight excluding hydrogens is 416 g/mol. The van der Waals surface area contributed by atoms with Crippen molar-refractivity contribution in [3.05, 3.63) is 77.5 Å². The first kappa shape index (κ1) is 20.9. The third-order valence-electron chi connectivity index (χ3n) is 6.11. The predicted molar refractivity (Wildman–Crippen MR) is 126 cm³/mol. The number of pyridine rings is 1. The quantitative estimate of drug-likeness (QED) is 0.437. The van der Waals surface area contributed by atoms with Gasteiger partial charge in [-0.1, -0.05) is 36.4 Å². The summed E-state index contributed by atoms with van der Waals surface area (Å²) in [5, 5.41) is 5.17. The van der Waals surface area contributed by atoms with Crippen molar-refractivity contribution in [3.63, 3.8) is 0 Å². The van der Waals surface area contributed by atoms with Gasteiger partial charge in [0, 0.05) is 24.3 Å². The van der Waals surface area contributed by atoms with E-state index >= 15 is 0 Å². The summed E-state index contributed by atoms with van der Waals surface area (Å²) in [4.78, 5) is 32.8. The second-order valence-electron chi connectivity index (χ2n) is 7.97. The molecule has 5 rings (SSSR count). The number of esters is 1. The number of hydrogen-bond acceptors (Lipinski definition) is 5. The SMILES string of the molecule is CCn1ncc2c(C(=O)N3CCCc4c(C(=O)OC)cccc43)cc(-c3ccccc3)nc21. The molecule has 1 aliphatic heterocycles. The maximum atomic E-state index is 14.0. The van der Waals surface area contributed by atoms with Crippen LogP contribution >= 0.6 is 0 Å².